The van der Waals surface area contributed by atoms with E-state index in [1.807, 2.05) is 6.92 Å². The van der Waals surface area contributed by atoms with E-state index in [2.05, 4.69) is 111 Å². The molecule has 0 fully saturated rings. The Morgan fingerprint density at radius 3 is 1.73 bits per heavy atom. The Morgan fingerprint density at radius 2 is 1.45 bits per heavy atom. The van der Waals surface area contributed by atoms with Crippen molar-refractivity contribution in [1.29, 1.82) is 0 Å². The maximum atomic E-state index is 9.60. The molecule has 0 aliphatic carbocycles. The molecule has 0 unspecified atom stereocenters. The highest BCUT2D eigenvalue weighted by molar-refractivity contribution is 8.33. The van der Waals surface area contributed by atoms with Gasteiger partial charge in [-0.25, -0.2) is 0 Å². The number of carboxylic acids is 1. The van der Waals surface area contributed by atoms with Crippen molar-refractivity contribution in [3.05, 3.63) is 35.6 Å². The largest absolute Gasteiger partial charge is 0.481 e. The number of rotatable bonds is 9. The second-order valence-corrected chi connectivity index (χ2v) is 13.8. The van der Waals surface area contributed by atoms with Crippen LogP contribution < -0.4 is 0 Å². The smallest absolute Gasteiger partial charge is 0.303 e. The van der Waals surface area contributed by atoms with Gasteiger partial charge in [-0.15, -0.1) is 12.8 Å². The summed E-state index contributed by atoms with van der Waals surface area (Å²) in [6, 6.07) is 0. The Labute approximate surface area is 209 Å². The number of hydrogen-bond donors (Lipinski definition) is 1. The van der Waals surface area contributed by atoms with E-state index >= 15 is 0 Å². The van der Waals surface area contributed by atoms with Gasteiger partial charge in [-0.2, -0.15) is 10.2 Å². The predicted octanol–water partition coefficient (Wildman–Crippen LogP) is 8.97. The van der Waals surface area contributed by atoms with Gasteiger partial charge in [0.05, 0.1) is 6.54 Å². The Morgan fingerprint density at radius 1 is 1.00 bits per heavy atom. The van der Waals surface area contributed by atoms with Crippen molar-refractivity contribution >= 4 is 16.2 Å². The zero-order valence-electron chi connectivity index (χ0n) is 23.6. The van der Waals surface area contributed by atoms with Crippen molar-refractivity contribution in [2.45, 2.75) is 124 Å². The summed E-state index contributed by atoms with van der Waals surface area (Å²) in [5.41, 5.74) is 2.89. The van der Waals surface area contributed by atoms with Gasteiger partial charge in [0.2, 0.25) is 0 Å². The van der Waals surface area contributed by atoms with Crippen LogP contribution in [0.4, 0.5) is 0 Å². The van der Waals surface area contributed by atoms with E-state index in [4.69, 9.17) is 5.11 Å². The molecule has 0 aromatic rings. The quantitative estimate of drug-likeness (QED) is 0.334. The molecule has 1 aliphatic heterocycles. The minimum Gasteiger partial charge on any atom is -0.481 e. The molecule has 0 bridgehead atoms. The van der Waals surface area contributed by atoms with Crippen LogP contribution in [0.15, 0.2) is 35.6 Å². The van der Waals surface area contributed by atoms with Crippen molar-refractivity contribution in [3.63, 3.8) is 0 Å². The molecule has 0 amide bonds. The van der Waals surface area contributed by atoms with Gasteiger partial charge in [0, 0.05) is 12.6 Å². The number of allylic oxidation sites excluding steroid dienone is 3. The summed E-state index contributed by atoms with van der Waals surface area (Å²) in [5, 5.41) is 10.1. The lowest BCUT2D eigenvalue weighted by molar-refractivity contribution is -0.137. The van der Waals surface area contributed by atoms with E-state index in [9.17, 15) is 4.79 Å². The molecular weight excluding hydrogens is 426 g/mol. The van der Waals surface area contributed by atoms with E-state index in [-0.39, 0.29) is 0 Å². The van der Waals surface area contributed by atoms with Gasteiger partial charge < -0.3 is 9.41 Å². The highest BCUT2D eigenvalue weighted by atomic mass is 32.3. The first-order valence-electron chi connectivity index (χ1n) is 12.6. The molecule has 4 heteroatoms. The number of nitrogens with zero attached hydrogens (tertiary/aromatic N) is 1. The van der Waals surface area contributed by atoms with Crippen molar-refractivity contribution < 1.29 is 9.90 Å². The Bertz CT molecular complexity index is 589. The second kappa shape index (κ2) is 21.0. The van der Waals surface area contributed by atoms with Crippen LogP contribution in [-0.4, -0.2) is 37.7 Å². The second-order valence-electron chi connectivity index (χ2n) is 9.01. The van der Waals surface area contributed by atoms with Gasteiger partial charge >= 0.3 is 5.97 Å². The van der Waals surface area contributed by atoms with Crippen LogP contribution in [0.5, 0.6) is 0 Å². The van der Waals surface area contributed by atoms with E-state index in [1.54, 1.807) is 0 Å². The number of carboxylic acid groups (broad SMARTS) is 1. The van der Waals surface area contributed by atoms with E-state index in [0.717, 1.165) is 35.1 Å². The molecule has 0 atom stereocenters. The summed E-state index contributed by atoms with van der Waals surface area (Å²) in [6.45, 7) is 26.2. The number of terminal acetylenes is 1. The monoisotopic (exact) mass is 481 g/mol. The third kappa shape index (κ3) is 13.6. The molecule has 0 saturated carbocycles. The predicted molar refractivity (Wildman–Crippen MR) is 154 cm³/mol. The standard InChI is InChI=1S/C19H35NS.C4H8O2.C4H10.C2H2/c1-9-18(8)10-11-19-12-13-20(14-19)21(15(2)3,16(4)5)17(6)7;1-2-3-4(5)6;1-3-4-2;1-2/h10-13,15-17H,9,14H2,1-8H3;2-3H2,1H3,(H,5,6);3-4H2,1-2H3;1-2H/b18-10+,19-11-;;;. The molecule has 0 radical (unpaired) electrons. The average molecular weight is 482 g/mol. The molecule has 1 N–H and O–H groups in total. The molecule has 0 aromatic heterocycles. The number of unbranched alkanes of at least 4 members (excludes halogenated alkanes) is 1. The van der Waals surface area contributed by atoms with Crippen LogP contribution in [0.1, 0.15) is 108 Å². The minimum atomic E-state index is -0.817. The highest BCUT2D eigenvalue weighted by Crippen LogP contribution is 2.64. The molecule has 0 spiro atoms. The Balaban J connectivity index is -0.000000621. The molecule has 3 nitrogen and oxygen atoms in total. The van der Waals surface area contributed by atoms with E-state index in [1.165, 1.54) is 24.0 Å². The van der Waals surface area contributed by atoms with Crippen LogP contribution >= 0.6 is 10.2 Å². The SMILES string of the molecule is C#C.CC/C(C)=C/C=C1/C=CN(S(C(C)C)(C(C)C)C(C)C)C1.CCCC.CCCC(=O)O. The molecule has 194 valence electrons. The summed E-state index contributed by atoms with van der Waals surface area (Å²) in [4.78, 5) is 9.60. The minimum absolute atomic E-state index is 0.292. The fourth-order valence-electron chi connectivity index (χ4n) is 3.82. The first-order chi connectivity index (χ1) is 15.4. The first-order valence-corrected chi connectivity index (χ1v) is 14.4. The van der Waals surface area contributed by atoms with Crippen molar-refractivity contribution in [2.75, 3.05) is 6.54 Å². The molecular formula is C29H55NO2S. The van der Waals surface area contributed by atoms with E-state index < -0.39 is 16.2 Å². The number of carbonyl (C=O) groups is 1. The zero-order chi connectivity index (χ0) is 26.6. The van der Waals surface area contributed by atoms with Crippen molar-refractivity contribution in [1.82, 2.24) is 4.31 Å². The van der Waals surface area contributed by atoms with Gasteiger partial charge in [-0.05, 0) is 47.2 Å². The molecule has 1 rings (SSSR count). The van der Waals surface area contributed by atoms with Gasteiger partial charge in [-0.3, -0.25) is 4.79 Å². The lowest BCUT2D eigenvalue weighted by Crippen LogP contribution is -2.39. The highest BCUT2D eigenvalue weighted by Gasteiger charge is 2.40. The van der Waals surface area contributed by atoms with Crippen LogP contribution in [0.2, 0.25) is 0 Å². The third-order valence-electron chi connectivity index (χ3n) is 5.57. The number of aliphatic carboxylic acids is 1. The first kappa shape index (κ1) is 36.0. The summed E-state index contributed by atoms with van der Waals surface area (Å²) in [5.74, 6) is -0.711. The summed E-state index contributed by atoms with van der Waals surface area (Å²) in [7, 11) is -0.817. The summed E-state index contributed by atoms with van der Waals surface area (Å²) < 4.78 is 2.67. The zero-order valence-corrected chi connectivity index (χ0v) is 24.5. The van der Waals surface area contributed by atoms with Crippen LogP contribution in [-0.2, 0) is 4.79 Å². The molecule has 0 saturated heterocycles. The topological polar surface area (TPSA) is 40.5 Å². The maximum absolute atomic E-state index is 9.60. The summed E-state index contributed by atoms with van der Waals surface area (Å²) >= 11 is 0. The molecule has 33 heavy (non-hydrogen) atoms. The Kier molecular flexibility index (Phi) is 22.9. The third-order valence-corrected chi connectivity index (χ3v) is 11.2. The van der Waals surface area contributed by atoms with Gasteiger partial charge in [0.25, 0.3) is 0 Å². The van der Waals surface area contributed by atoms with Gasteiger partial charge in [-0.1, -0.05) is 99.8 Å². The normalized spacial score (nSPS) is 15.0. The summed E-state index contributed by atoms with van der Waals surface area (Å²) in [6.07, 6.45) is 22.1. The molecule has 0 aromatic carbocycles. The fourth-order valence-corrected chi connectivity index (χ4v) is 9.35. The van der Waals surface area contributed by atoms with Crippen LogP contribution in [0.3, 0.4) is 0 Å². The lowest BCUT2D eigenvalue weighted by atomic mass is 10.2. The van der Waals surface area contributed by atoms with Crippen LogP contribution in [0, 0.1) is 12.8 Å². The van der Waals surface area contributed by atoms with Gasteiger partial charge in [0.15, 0.2) is 0 Å². The van der Waals surface area contributed by atoms with Crippen molar-refractivity contribution in [3.8, 4) is 12.8 Å². The number of hydrogen-bond acceptors (Lipinski definition) is 2. The molecule has 1 aliphatic rings. The van der Waals surface area contributed by atoms with E-state index in [0.29, 0.717) is 6.42 Å². The van der Waals surface area contributed by atoms with Crippen LogP contribution in [0.25, 0.3) is 0 Å². The average Bonchev–Trinajstić information content (AvgIpc) is 3.22. The van der Waals surface area contributed by atoms with Gasteiger partial charge in [0.1, 0.15) is 0 Å². The molecule has 1 heterocycles. The fraction of sp³-hybridized carbons (Fsp3) is 0.690. The van der Waals surface area contributed by atoms with Crippen molar-refractivity contribution in [2.24, 2.45) is 0 Å². The lowest BCUT2D eigenvalue weighted by Gasteiger charge is -2.57. The Hall–Kier alpha value is -1.60. The maximum Gasteiger partial charge on any atom is 0.303 e.